The van der Waals surface area contributed by atoms with Crippen LogP contribution >= 0.6 is 0 Å². The maximum atomic E-state index is 13.2. The van der Waals surface area contributed by atoms with Gasteiger partial charge >= 0.3 is 12.0 Å². The van der Waals surface area contributed by atoms with E-state index in [-0.39, 0.29) is 23.8 Å². The van der Waals surface area contributed by atoms with E-state index in [1.807, 2.05) is 0 Å². The lowest BCUT2D eigenvalue weighted by atomic mass is 9.86. The van der Waals surface area contributed by atoms with E-state index >= 15 is 0 Å². The molecule has 0 bridgehead atoms. The predicted octanol–water partition coefficient (Wildman–Crippen LogP) is 1.18. The Kier molecular flexibility index (Phi) is 8.04. The number of amides is 3. The van der Waals surface area contributed by atoms with Crippen molar-refractivity contribution >= 4 is 29.9 Å². The molecule has 2 fully saturated rings. The molecule has 3 N–H and O–H groups in total. The second kappa shape index (κ2) is 10.9. The summed E-state index contributed by atoms with van der Waals surface area (Å²) in [7, 11) is 0. The van der Waals surface area contributed by atoms with Crippen molar-refractivity contribution < 1.29 is 28.5 Å². The topological polar surface area (TPSA) is 156 Å². The number of nitro groups is 1. The van der Waals surface area contributed by atoms with Crippen molar-refractivity contribution in [2.75, 3.05) is 32.8 Å². The lowest BCUT2D eigenvalue weighted by Crippen LogP contribution is -2.64. The average Bonchev–Trinajstić information content (AvgIpc) is 3.28. The number of piperidine rings is 2. The van der Waals surface area contributed by atoms with Gasteiger partial charge in [-0.1, -0.05) is 0 Å². The van der Waals surface area contributed by atoms with Crippen LogP contribution in [-0.4, -0.2) is 72.1 Å². The molecule has 2 aliphatic heterocycles. The molecule has 2 saturated heterocycles. The predicted molar refractivity (Wildman–Crippen MR) is 117 cm³/mol. The zero-order valence-electron chi connectivity index (χ0n) is 18.5. The van der Waals surface area contributed by atoms with E-state index in [0.717, 1.165) is 0 Å². The largest absolute Gasteiger partial charge is 0.450 e. The van der Waals surface area contributed by atoms with Crippen molar-refractivity contribution in [3.63, 3.8) is 0 Å². The second-order valence-corrected chi connectivity index (χ2v) is 8.02. The summed E-state index contributed by atoms with van der Waals surface area (Å²) in [4.78, 5) is 49.3. The first-order chi connectivity index (χ1) is 15.8. The maximum Gasteiger partial charge on any atom is 0.433 e. The minimum absolute atomic E-state index is 0.106. The molecule has 1 aromatic rings. The Balaban J connectivity index is 1.59. The molecular formula is C21H29N5O7. The van der Waals surface area contributed by atoms with Crippen molar-refractivity contribution in [2.24, 2.45) is 0 Å². The van der Waals surface area contributed by atoms with Crippen molar-refractivity contribution in [2.45, 2.75) is 44.2 Å². The summed E-state index contributed by atoms with van der Waals surface area (Å²) >= 11 is 0. The number of carbonyl (C=O) groups is 3. The van der Waals surface area contributed by atoms with Crippen LogP contribution < -0.4 is 16.0 Å². The van der Waals surface area contributed by atoms with Crippen LogP contribution in [-0.2, 0) is 14.3 Å². The van der Waals surface area contributed by atoms with E-state index in [0.29, 0.717) is 58.5 Å². The Labute approximate surface area is 190 Å². The van der Waals surface area contributed by atoms with Crippen LogP contribution in [0.3, 0.4) is 0 Å². The number of carbonyl (C=O) groups excluding carboxylic acids is 3. The van der Waals surface area contributed by atoms with E-state index in [4.69, 9.17) is 9.15 Å². The van der Waals surface area contributed by atoms with Crippen molar-refractivity contribution in [1.29, 1.82) is 0 Å². The molecule has 33 heavy (non-hydrogen) atoms. The van der Waals surface area contributed by atoms with Gasteiger partial charge in [-0.2, -0.15) is 0 Å². The Bertz CT molecular complexity index is 899. The van der Waals surface area contributed by atoms with Crippen LogP contribution in [0.1, 0.15) is 38.4 Å². The minimum Gasteiger partial charge on any atom is -0.450 e. The van der Waals surface area contributed by atoms with Gasteiger partial charge < -0.3 is 30.0 Å². The molecule has 0 unspecified atom stereocenters. The molecule has 1 aromatic heterocycles. The van der Waals surface area contributed by atoms with Gasteiger partial charge in [-0.25, -0.2) is 4.79 Å². The van der Waals surface area contributed by atoms with Gasteiger partial charge in [-0.3, -0.25) is 19.7 Å². The van der Waals surface area contributed by atoms with E-state index in [1.54, 1.807) is 11.8 Å². The molecule has 0 radical (unpaired) electrons. The summed E-state index contributed by atoms with van der Waals surface area (Å²) in [6, 6.07) is 2.48. The summed E-state index contributed by atoms with van der Waals surface area (Å²) < 4.78 is 10.0. The number of likely N-dealkylation sites (tertiary alicyclic amines) is 1. The molecule has 12 heteroatoms. The Morgan fingerprint density at radius 1 is 1.30 bits per heavy atom. The highest BCUT2D eigenvalue weighted by Gasteiger charge is 2.41. The molecular weight excluding hydrogens is 434 g/mol. The highest BCUT2D eigenvalue weighted by molar-refractivity contribution is 5.97. The number of hydrogen-bond donors (Lipinski definition) is 3. The molecule has 0 spiro atoms. The van der Waals surface area contributed by atoms with Crippen LogP contribution in [0, 0.1) is 10.1 Å². The van der Waals surface area contributed by atoms with Gasteiger partial charge in [0.25, 0.3) is 0 Å². The van der Waals surface area contributed by atoms with Gasteiger partial charge in [0, 0.05) is 25.2 Å². The smallest absolute Gasteiger partial charge is 0.433 e. The highest BCUT2D eigenvalue weighted by atomic mass is 16.6. The number of nitrogens with one attached hydrogen (secondary N) is 3. The van der Waals surface area contributed by atoms with Crippen molar-refractivity contribution in [3.05, 3.63) is 34.1 Å². The van der Waals surface area contributed by atoms with Gasteiger partial charge in [0.15, 0.2) is 0 Å². The third kappa shape index (κ3) is 6.31. The quantitative estimate of drug-likeness (QED) is 0.309. The first-order valence-electron chi connectivity index (χ1n) is 11.0. The van der Waals surface area contributed by atoms with Crippen LogP contribution in [0.4, 0.5) is 10.7 Å². The molecule has 3 amide bonds. The highest BCUT2D eigenvalue weighted by Crippen LogP contribution is 2.21. The number of hydrogen-bond acceptors (Lipinski definition) is 8. The van der Waals surface area contributed by atoms with Gasteiger partial charge in [0.05, 0.1) is 12.7 Å². The summed E-state index contributed by atoms with van der Waals surface area (Å²) in [5.74, 6) is -1.01. The van der Waals surface area contributed by atoms with Crippen molar-refractivity contribution in [3.8, 4) is 0 Å². The molecule has 180 valence electrons. The molecule has 0 saturated carbocycles. The molecule has 2 aliphatic rings. The monoisotopic (exact) mass is 463 g/mol. The molecule has 12 nitrogen and oxygen atoms in total. The van der Waals surface area contributed by atoms with E-state index in [2.05, 4.69) is 16.0 Å². The van der Waals surface area contributed by atoms with Gasteiger partial charge in [0.1, 0.15) is 16.2 Å². The summed E-state index contributed by atoms with van der Waals surface area (Å²) in [6.07, 6.45) is 4.21. The van der Waals surface area contributed by atoms with Crippen LogP contribution in [0.25, 0.3) is 6.08 Å². The maximum absolute atomic E-state index is 13.2. The van der Waals surface area contributed by atoms with E-state index in [9.17, 15) is 24.5 Å². The van der Waals surface area contributed by atoms with E-state index < -0.39 is 22.3 Å². The van der Waals surface area contributed by atoms with Crippen molar-refractivity contribution in [1.82, 2.24) is 20.9 Å². The van der Waals surface area contributed by atoms with E-state index in [1.165, 1.54) is 24.3 Å². The van der Waals surface area contributed by atoms with Crippen LogP contribution in [0.5, 0.6) is 0 Å². The molecule has 3 rings (SSSR count). The normalized spacial score (nSPS) is 18.6. The van der Waals surface area contributed by atoms with Gasteiger partial charge in [-0.15, -0.1) is 0 Å². The molecule has 3 heterocycles. The summed E-state index contributed by atoms with van der Waals surface area (Å²) in [5.41, 5.74) is -1.07. The third-order valence-electron chi connectivity index (χ3n) is 5.80. The first kappa shape index (κ1) is 24.2. The SMILES string of the molecule is CCOC(=O)N1CCC(NC(=O)C2(NC(=O)/C=C/c3ccc([N+](=O)[O-])o3)CCNCC2)CC1. The number of nitrogens with zero attached hydrogens (tertiary/aromatic N) is 2. The Morgan fingerprint density at radius 2 is 2.00 bits per heavy atom. The van der Waals surface area contributed by atoms with Crippen LogP contribution in [0.2, 0.25) is 0 Å². The lowest BCUT2D eigenvalue weighted by molar-refractivity contribution is -0.402. The van der Waals surface area contributed by atoms with Gasteiger partial charge in [-0.05, 0) is 57.8 Å². The summed E-state index contributed by atoms with van der Waals surface area (Å²) in [5, 5.41) is 19.8. The number of ether oxygens (including phenoxy) is 1. The molecule has 0 atom stereocenters. The number of furan rings is 1. The second-order valence-electron chi connectivity index (χ2n) is 8.02. The zero-order valence-corrected chi connectivity index (χ0v) is 18.5. The third-order valence-corrected chi connectivity index (χ3v) is 5.80. The molecule has 0 aliphatic carbocycles. The van der Waals surface area contributed by atoms with Crippen LogP contribution in [0.15, 0.2) is 22.6 Å². The fourth-order valence-electron chi connectivity index (χ4n) is 3.97. The number of rotatable bonds is 7. The zero-order chi connectivity index (χ0) is 23.8. The standard InChI is InChI=1S/C21H29N5O7/c1-2-32-20(29)25-13-7-15(8-14-25)23-19(28)21(9-11-22-12-10-21)24-17(27)5-3-16-4-6-18(33-16)26(30)31/h3-6,15,22H,2,7-14H2,1H3,(H,23,28)(H,24,27)/b5-3+. The fourth-order valence-corrected chi connectivity index (χ4v) is 3.97. The minimum atomic E-state index is -1.07. The fraction of sp³-hybridized carbons (Fsp3) is 0.571. The lowest BCUT2D eigenvalue weighted by Gasteiger charge is -2.39. The van der Waals surface area contributed by atoms with Gasteiger partial charge in [0.2, 0.25) is 11.8 Å². The molecule has 0 aromatic carbocycles. The Hall–Kier alpha value is -3.41. The summed E-state index contributed by atoms with van der Waals surface area (Å²) in [6.45, 7) is 4.19. The first-order valence-corrected chi connectivity index (χ1v) is 11.0. The Morgan fingerprint density at radius 3 is 2.61 bits per heavy atom. The average molecular weight is 463 g/mol.